The van der Waals surface area contributed by atoms with E-state index in [4.69, 9.17) is 26.8 Å². The molecule has 3 rings (SSSR count). The Morgan fingerprint density at radius 2 is 2.16 bits per heavy atom. The average molecular weight is 362 g/mol. The van der Waals surface area contributed by atoms with Crippen molar-refractivity contribution < 1.29 is 14.3 Å². The number of nitrogens with two attached hydrogens (primary N) is 1. The zero-order chi connectivity index (χ0) is 18.0. The van der Waals surface area contributed by atoms with Crippen LogP contribution in [0.2, 0.25) is 5.02 Å². The third kappa shape index (κ3) is 3.13. The first-order chi connectivity index (χ1) is 12.1. The molecule has 0 fully saturated rings. The molecule has 0 amide bonds. The lowest BCUT2D eigenvalue weighted by molar-refractivity contribution is 0.0519. The smallest absolute Gasteiger partial charge is 0.362 e. The van der Waals surface area contributed by atoms with E-state index in [2.05, 4.69) is 15.3 Å². The molecule has 2 heterocycles. The first-order valence-corrected chi connectivity index (χ1v) is 7.90. The van der Waals surface area contributed by atoms with Crippen LogP contribution in [0.25, 0.3) is 16.8 Å². The molecule has 8 nitrogen and oxygen atoms in total. The minimum Gasteiger partial charge on any atom is -0.461 e. The molecule has 0 unspecified atom stereocenters. The number of nitrogens with zero attached hydrogens (tertiary/aromatic N) is 4. The standard InChI is InChI=1S/C16H16ClN5O3/c1-3-25-16(23)13-14(18)22-15(20-19-13)12(11(21-22)8-24-2)9-5-4-6-10(17)7-9/h4-7H,3,8,18H2,1-2H3. The van der Waals surface area contributed by atoms with E-state index in [0.29, 0.717) is 21.9 Å². The van der Waals surface area contributed by atoms with Gasteiger partial charge >= 0.3 is 5.97 Å². The van der Waals surface area contributed by atoms with Crippen LogP contribution in [-0.2, 0) is 16.1 Å². The minimum atomic E-state index is -0.650. The molecule has 0 bridgehead atoms. The molecule has 0 saturated heterocycles. The highest BCUT2D eigenvalue weighted by Crippen LogP contribution is 2.31. The van der Waals surface area contributed by atoms with Crippen LogP contribution in [0, 0.1) is 0 Å². The van der Waals surface area contributed by atoms with Gasteiger partial charge in [0.15, 0.2) is 11.5 Å². The van der Waals surface area contributed by atoms with Gasteiger partial charge in [-0.2, -0.15) is 9.61 Å². The number of fused-ring (bicyclic) bond motifs is 1. The monoisotopic (exact) mass is 361 g/mol. The van der Waals surface area contributed by atoms with Crippen molar-refractivity contribution in [1.82, 2.24) is 19.8 Å². The highest BCUT2D eigenvalue weighted by atomic mass is 35.5. The topological polar surface area (TPSA) is 105 Å². The van der Waals surface area contributed by atoms with Gasteiger partial charge in [0.25, 0.3) is 0 Å². The lowest BCUT2D eigenvalue weighted by Crippen LogP contribution is -2.15. The van der Waals surface area contributed by atoms with Crippen molar-refractivity contribution in [2.45, 2.75) is 13.5 Å². The van der Waals surface area contributed by atoms with Crippen molar-refractivity contribution in [2.24, 2.45) is 0 Å². The van der Waals surface area contributed by atoms with Crippen molar-refractivity contribution in [1.29, 1.82) is 0 Å². The number of methoxy groups -OCH3 is 1. The maximum absolute atomic E-state index is 12.0. The molecular weight excluding hydrogens is 346 g/mol. The number of rotatable bonds is 5. The number of carbonyl (C=O) groups is 1. The van der Waals surface area contributed by atoms with Gasteiger partial charge in [-0.15, -0.1) is 10.2 Å². The summed E-state index contributed by atoms with van der Waals surface area (Å²) in [6.07, 6.45) is 0. The van der Waals surface area contributed by atoms with E-state index in [1.165, 1.54) is 4.52 Å². The van der Waals surface area contributed by atoms with E-state index >= 15 is 0 Å². The summed E-state index contributed by atoms with van der Waals surface area (Å²) in [6, 6.07) is 7.25. The number of aromatic nitrogens is 4. The fraction of sp³-hybridized carbons (Fsp3) is 0.250. The maximum Gasteiger partial charge on any atom is 0.362 e. The van der Waals surface area contributed by atoms with Crippen LogP contribution in [0.1, 0.15) is 23.1 Å². The summed E-state index contributed by atoms with van der Waals surface area (Å²) in [5, 5.41) is 13.0. The summed E-state index contributed by atoms with van der Waals surface area (Å²) in [6.45, 7) is 2.14. The normalized spacial score (nSPS) is 11.0. The number of ether oxygens (including phenoxy) is 2. The largest absolute Gasteiger partial charge is 0.461 e. The number of anilines is 1. The molecule has 130 valence electrons. The molecule has 0 aliphatic carbocycles. The molecule has 25 heavy (non-hydrogen) atoms. The van der Waals surface area contributed by atoms with Gasteiger partial charge < -0.3 is 15.2 Å². The number of nitrogen functional groups attached to an aromatic ring is 1. The van der Waals surface area contributed by atoms with Gasteiger partial charge in [-0.05, 0) is 24.6 Å². The fourth-order valence-electron chi connectivity index (χ4n) is 2.48. The SMILES string of the molecule is CCOC(=O)c1nnc2c(-c3cccc(Cl)c3)c(COC)nn2c1N. The Kier molecular flexibility index (Phi) is 4.82. The van der Waals surface area contributed by atoms with E-state index in [9.17, 15) is 4.79 Å². The maximum atomic E-state index is 12.0. The number of hydrogen-bond acceptors (Lipinski definition) is 7. The molecule has 2 aromatic heterocycles. The van der Waals surface area contributed by atoms with E-state index in [0.717, 1.165) is 5.56 Å². The molecular formula is C16H16ClN5O3. The lowest BCUT2D eigenvalue weighted by atomic mass is 10.1. The summed E-state index contributed by atoms with van der Waals surface area (Å²) in [5.74, 6) is -0.600. The predicted octanol–water partition coefficient (Wildman–Crippen LogP) is 2.35. The number of esters is 1. The number of benzene rings is 1. The van der Waals surface area contributed by atoms with Gasteiger partial charge in [-0.1, -0.05) is 23.7 Å². The average Bonchev–Trinajstić information content (AvgIpc) is 2.95. The zero-order valence-electron chi connectivity index (χ0n) is 13.7. The molecule has 0 aliphatic rings. The third-order valence-corrected chi connectivity index (χ3v) is 3.75. The van der Waals surface area contributed by atoms with Gasteiger partial charge in [-0.3, -0.25) is 0 Å². The van der Waals surface area contributed by atoms with Crippen molar-refractivity contribution in [2.75, 3.05) is 19.5 Å². The van der Waals surface area contributed by atoms with Crippen molar-refractivity contribution in [3.05, 3.63) is 40.7 Å². The van der Waals surface area contributed by atoms with Crippen molar-refractivity contribution in [3.63, 3.8) is 0 Å². The van der Waals surface area contributed by atoms with Crippen molar-refractivity contribution >= 4 is 29.0 Å². The summed E-state index contributed by atoms with van der Waals surface area (Å²) in [4.78, 5) is 12.0. The molecule has 9 heteroatoms. The third-order valence-electron chi connectivity index (χ3n) is 3.51. The Morgan fingerprint density at radius 1 is 1.36 bits per heavy atom. The first-order valence-electron chi connectivity index (χ1n) is 7.52. The summed E-state index contributed by atoms with van der Waals surface area (Å²) in [7, 11) is 1.56. The predicted molar refractivity (Wildman–Crippen MR) is 92.3 cm³/mol. The molecule has 0 spiro atoms. The van der Waals surface area contributed by atoms with E-state index in [1.54, 1.807) is 26.2 Å². The zero-order valence-corrected chi connectivity index (χ0v) is 14.4. The summed E-state index contributed by atoms with van der Waals surface area (Å²) < 4.78 is 11.5. The highest BCUT2D eigenvalue weighted by molar-refractivity contribution is 6.30. The van der Waals surface area contributed by atoms with Crippen LogP contribution < -0.4 is 5.73 Å². The number of carbonyl (C=O) groups excluding carboxylic acids is 1. The van der Waals surface area contributed by atoms with Gasteiger partial charge in [0.2, 0.25) is 5.69 Å². The van der Waals surface area contributed by atoms with Crippen LogP contribution in [0.3, 0.4) is 0 Å². The second kappa shape index (κ2) is 7.04. The molecule has 2 N–H and O–H groups in total. The van der Waals surface area contributed by atoms with Crippen LogP contribution in [0.4, 0.5) is 5.82 Å². The molecule has 0 atom stereocenters. The molecule has 0 saturated carbocycles. The van der Waals surface area contributed by atoms with E-state index in [-0.39, 0.29) is 24.7 Å². The van der Waals surface area contributed by atoms with Gasteiger partial charge in [0, 0.05) is 12.1 Å². The van der Waals surface area contributed by atoms with Gasteiger partial charge in [0.05, 0.1) is 24.5 Å². The van der Waals surface area contributed by atoms with Gasteiger partial charge in [0.1, 0.15) is 0 Å². The lowest BCUT2D eigenvalue weighted by Gasteiger charge is -2.05. The molecule has 1 aromatic carbocycles. The Bertz CT molecular complexity index is 941. The van der Waals surface area contributed by atoms with E-state index < -0.39 is 5.97 Å². The Hall–Kier alpha value is -2.71. The molecule has 3 aromatic rings. The van der Waals surface area contributed by atoms with Crippen LogP contribution in [-0.4, -0.2) is 39.5 Å². The fourth-order valence-corrected chi connectivity index (χ4v) is 2.67. The minimum absolute atomic E-state index is 0.0501. The van der Waals surface area contributed by atoms with E-state index in [1.807, 2.05) is 12.1 Å². The van der Waals surface area contributed by atoms with Gasteiger partial charge in [-0.25, -0.2) is 4.79 Å². The Balaban J connectivity index is 2.24. The van der Waals surface area contributed by atoms with Crippen LogP contribution in [0.5, 0.6) is 0 Å². The molecule has 0 aliphatic heterocycles. The summed E-state index contributed by atoms with van der Waals surface area (Å²) >= 11 is 6.09. The summed E-state index contributed by atoms with van der Waals surface area (Å²) in [5.41, 5.74) is 8.48. The second-order valence-corrected chi connectivity index (χ2v) is 5.59. The Labute approximate surface area is 148 Å². The first kappa shape index (κ1) is 17.1. The number of hydrogen-bond donors (Lipinski definition) is 1. The highest BCUT2D eigenvalue weighted by Gasteiger charge is 2.23. The quantitative estimate of drug-likeness (QED) is 0.695. The van der Waals surface area contributed by atoms with Crippen molar-refractivity contribution in [3.8, 4) is 11.1 Å². The van der Waals surface area contributed by atoms with Crippen LogP contribution >= 0.6 is 11.6 Å². The van der Waals surface area contributed by atoms with Crippen LogP contribution in [0.15, 0.2) is 24.3 Å². The molecule has 0 radical (unpaired) electrons. The number of halogens is 1. The second-order valence-electron chi connectivity index (χ2n) is 5.15. The Morgan fingerprint density at radius 3 is 2.84 bits per heavy atom.